The van der Waals surface area contributed by atoms with Gasteiger partial charge in [0.05, 0.1) is 6.61 Å². The minimum absolute atomic E-state index is 0.193. The van der Waals surface area contributed by atoms with Crippen LogP contribution in [0.4, 0.5) is 5.69 Å². The number of nitrogens with zero attached hydrogens (tertiary/aromatic N) is 2. The first-order valence-electron chi connectivity index (χ1n) is 9.42. The number of anilines is 1. The molecule has 1 aromatic carbocycles. The summed E-state index contributed by atoms with van der Waals surface area (Å²) in [6.45, 7) is 7.04. The molecule has 26 heavy (non-hydrogen) atoms. The third kappa shape index (κ3) is 4.25. The van der Waals surface area contributed by atoms with Gasteiger partial charge in [0, 0.05) is 25.3 Å². The standard InChI is InChI=1S/C20H27N3O3/c1-3-21-20(22-25-4-2)26-18(14-24)13-15-11-16-7-5-9-23-10-6-8-17(12-15)19(16)23/h11-14H,3-10H2,1-2H3,(H,21,22)/b18-13+. The molecule has 6 nitrogen and oxygen atoms in total. The van der Waals surface area contributed by atoms with E-state index in [-0.39, 0.29) is 11.8 Å². The quantitative estimate of drug-likeness (QED) is 0.212. The van der Waals surface area contributed by atoms with Crippen LogP contribution in [0.15, 0.2) is 22.9 Å². The molecule has 2 aliphatic rings. The second kappa shape index (κ2) is 8.85. The fraction of sp³-hybridized carbons (Fsp3) is 0.500. The number of allylic oxidation sites excluding steroid dienone is 1. The Labute approximate surface area is 154 Å². The Morgan fingerprint density at radius 3 is 2.50 bits per heavy atom. The van der Waals surface area contributed by atoms with Gasteiger partial charge in [-0.2, -0.15) is 0 Å². The molecule has 2 aliphatic heterocycles. The maximum atomic E-state index is 11.5. The number of nitrogens with one attached hydrogen (secondary N) is 1. The van der Waals surface area contributed by atoms with Crippen molar-refractivity contribution in [3.05, 3.63) is 34.6 Å². The van der Waals surface area contributed by atoms with Gasteiger partial charge in [-0.1, -0.05) is 0 Å². The largest absolute Gasteiger partial charge is 0.421 e. The van der Waals surface area contributed by atoms with E-state index in [0.717, 1.165) is 31.5 Å². The number of aliphatic imine (C=N–C) groups is 1. The van der Waals surface area contributed by atoms with Crippen LogP contribution in [0.3, 0.4) is 0 Å². The van der Waals surface area contributed by atoms with E-state index in [0.29, 0.717) is 19.4 Å². The molecule has 3 rings (SSSR count). The summed E-state index contributed by atoms with van der Waals surface area (Å²) in [5.74, 6) is 0.208. The van der Waals surface area contributed by atoms with Crippen molar-refractivity contribution in [2.24, 2.45) is 4.99 Å². The van der Waals surface area contributed by atoms with Gasteiger partial charge >= 0.3 is 6.02 Å². The Bertz CT molecular complexity index is 681. The number of hydrogen-bond acceptors (Lipinski definition) is 5. The van der Waals surface area contributed by atoms with Gasteiger partial charge in [-0.15, -0.1) is 0 Å². The first kappa shape index (κ1) is 18.5. The van der Waals surface area contributed by atoms with Crippen molar-refractivity contribution in [1.29, 1.82) is 0 Å². The summed E-state index contributed by atoms with van der Waals surface area (Å²) in [6.07, 6.45) is 7.02. The van der Waals surface area contributed by atoms with Gasteiger partial charge in [-0.25, -0.2) is 10.5 Å². The molecule has 1 aromatic rings. The third-order valence-electron chi connectivity index (χ3n) is 4.60. The van der Waals surface area contributed by atoms with Crippen molar-refractivity contribution in [2.75, 3.05) is 31.1 Å². The summed E-state index contributed by atoms with van der Waals surface area (Å²) in [6, 6.07) is 4.55. The van der Waals surface area contributed by atoms with Crippen molar-refractivity contribution in [2.45, 2.75) is 39.5 Å². The zero-order valence-corrected chi connectivity index (χ0v) is 15.6. The molecule has 0 radical (unpaired) electrons. The fourth-order valence-electron chi connectivity index (χ4n) is 3.64. The van der Waals surface area contributed by atoms with Crippen molar-refractivity contribution >= 4 is 24.1 Å². The van der Waals surface area contributed by atoms with Crippen LogP contribution >= 0.6 is 0 Å². The van der Waals surface area contributed by atoms with E-state index in [2.05, 4.69) is 27.5 Å². The Morgan fingerprint density at radius 2 is 1.92 bits per heavy atom. The van der Waals surface area contributed by atoms with E-state index in [1.807, 2.05) is 13.8 Å². The smallest absolute Gasteiger partial charge is 0.315 e. The highest BCUT2D eigenvalue weighted by molar-refractivity contribution is 5.85. The highest BCUT2D eigenvalue weighted by atomic mass is 16.7. The summed E-state index contributed by atoms with van der Waals surface area (Å²) in [7, 11) is 0. The zero-order valence-electron chi connectivity index (χ0n) is 15.6. The first-order chi connectivity index (χ1) is 12.7. The second-order valence-corrected chi connectivity index (χ2v) is 6.46. The van der Waals surface area contributed by atoms with Crippen LogP contribution in [-0.4, -0.2) is 38.5 Å². The SMILES string of the molecule is CCN=C(NOCC)O/C(C=O)=C/c1cc2c3c(c1)CCCN3CCC2. The van der Waals surface area contributed by atoms with E-state index < -0.39 is 0 Å². The molecule has 1 N–H and O–H groups in total. The summed E-state index contributed by atoms with van der Waals surface area (Å²) in [4.78, 5) is 23.3. The zero-order chi connectivity index (χ0) is 18.4. The van der Waals surface area contributed by atoms with Crippen LogP contribution in [0.5, 0.6) is 0 Å². The molecule has 2 heterocycles. The van der Waals surface area contributed by atoms with Crippen LogP contribution in [-0.2, 0) is 27.2 Å². The molecule has 0 amide bonds. The van der Waals surface area contributed by atoms with Crippen LogP contribution in [0.25, 0.3) is 6.08 Å². The topological polar surface area (TPSA) is 63.2 Å². The van der Waals surface area contributed by atoms with E-state index in [9.17, 15) is 4.79 Å². The molecule has 0 atom stereocenters. The Kier molecular flexibility index (Phi) is 6.28. The summed E-state index contributed by atoms with van der Waals surface area (Å²) in [5.41, 5.74) is 7.79. The van der Waals surface area contributed by atoms with E-state index >= 15 is 0 Å². The molecule has 0 saturated heterocycles. The lowest BCUT2D eigenvalue weighted by atomic mass is 9.90. The number of benzene rings is 1. The normalized spacial score (nSPS) is 16.9. The molecule has 0 aromatic heterocycles. The third-order valence-corrected chi connectivity index (χ3v) is 4.60. The van der Waals surface area contributed by atoms with E-state index in [1.165, 1.54) is 29.7 Å². The first-order valence-corrected chi connectivity index (χ1v) is 9.42. The van der Waals surface area contributed by atoms with Gasteiger partial charge in [-0.3, -0.25) is 9.63 Å². The lowest BCUT2D eigenvalue weighted by Crippen LogP contribution is -2.34. The molecule has 0 fully saturated rings. The van der Waals surface area contributed by atoms with Gasteiger partial charge in [0.15, 0.2) is 12.0 Å². The van der Waals surface area contributed by atoms with Crippen molar-refractivity contribution in [1.82, 2.24) is 5.48 Å². The van der Waals surface area contributed by atoms with Gasteiger partial charge < -0.3 is 9.64 Å². The number of hydrogen-bond donors (Lipinski definition) is 1. The molecular weight excluding hydrogens is 330 g/mol. The van der Waals surface area contributed by atoms with Gasteiger partial charge in [0.25, 0.3) is 0 Å². The summed E-state index contributed by atoms with van der Waals surface area (Å²) in [5, 5.41) is 0. The highest BCUT2D eigenvalue weighted by Crippen LogP contribution is 2.36. The second-order valence-electron chi connectivity index (χ2n) is 6.46. The number of hydroxylamine groups is 1. The number of aldehydes is 1. The maximum absolute atomic E-state index is 11.5. The number of amidine groups is 1. The minimum Gasteiger partial charge on any atom is -0.421 e. The number of ether oxygens (including phenoxy) is 1. The number of aryl methyl sites for hydroxylation is 2. The van der Waals surface area contributed by atoms with E-state index in [4.69, 9.17) is 9.57 Å². The highest BCUT2D eigenvalue weighted by Gasteiger charge is 2.24. The van der Waals surface area contributed by atoms with Crippen molar-refractivity contribution < 1.29 is 14.4 Å². The van der Waals surface area contributed by atoms with Crippen LogP contribution in [0, 0.1) is 0 Å². The average Bonchev–Trinajstić information content (AvgIpc) is 2.66. The molecule has 0 bridgehead atoms. The molecule has 0 unspecified atom stereocenters. The maximum Gasteiger partial charge on any atom is 0.315 e. The minimum atomic E-state index is 0.193. The van der Waals surface area contributed by atoms with Gasteiger partial charge in [0.1, 0.15) is 0 Å². The number of rotatable bonds is 6. The lowest BCUT2D eigenvalue weighted by Gasteiger charge is -2.37. The van der Waals surface area contributed by atoms with Crippen LogP contribution in [0.2, 0.25) is 0 Å². The van der Waals surface area contributed by atoms with Crippen molar-refractivity contribution in [3.8, 4) is 0 Å². The molecule has 0 saturated carbocycles. The monoisotopic (exact) mass is 357 g/mol. The predicted molar refractivity (Wildman–Crippen MR) is 103 cm³/mol. The molecule has 6 heteroatoms. The van der Waals surface area contributed by atoms with Gasteiger partial charge in [0.2, 0.25) is 0 Å². The number of carbonyl (C=O) groups excluding carboxylic acids is 1. The van der Waals surface area contributed by atoms with Crippen LogP contribution in [0.1, 0.15) is 43.4 Å². The van der Waals surface area contributed by atoms with Crippen LogP contribution < -0.4 is 10.4 Å². The van der Waals surface area contributed by atoms with Gasteiger partial charge in [-0.05, 0) is 74.4 Å². The molecule has 0 spiro atoms. The Morgan fingerprint density at radius 1 is 1.23 bits per heavy atom. The lowest BCUT2D eigenvalue weighted by molar-refractivity contribution is -0.106. The fourth-order valence-corrected chi connectivity index (χ4v) is 3.64. The van der Waals surface area contributed by atoms with E-state index in [1.54, 1.807) is 6.08 Å². The molecule has 140 valence electrons. The Balaban J connectivity index is 1.85. The number of carbonyl (C=O) groups is 1. The Hall–Kier alpha value is -2.34. The molecule has 0 aliphatic carbocycles. The summed E-state index contributed by atoms with van der Waals surface area (Å²) < 4.78 is 5.60. The van der Waals surface area contributed by atoms with Crippen molar-refractivity contribution in [3.63, 3.8) is 0 Å². The summed E-state index contributed by atoms with van der Waals surface area (Å²) >= 11 is 0. The average molecular weight is 357 g/mol. The predicted octanol–water partition coefficient (Wildman–Crippen LogP) is 2.86. The molecular formula is C20H27N3O3.